The maximum absolute atomic E-state index is 12.5. The molecule has 1 heterocycles. The molecule has 0 fully saturated rings. The van der Waals surface area contributed by atoms with Crippen molar-refractivity contribution in [1.29, 1.82) is 0 Å². The second kappa shape index (κ2) is 10.5. The summed E-state index contributed by atoms with van der Waals surface area (Å²) in [6, 6.07) is 0. The topological polar surface area (TPSA) is 52.6 Å². The normalized spacial score (nSPS) is 12.9. The molecule has 1 aromatic rings. The number of alkyl halides is 3. The van der Waals surface area contributed by atoms with Crippen molar-refractivity contribution >= 4 is 41.3 Å². The van der Waals surface area contributed by atoms with Crippen LogP contribution in [0.4, 0.5) is 13.2 Å². The molecule has 10 heteroatoms. The number of nitrogens with zero attached hydrogens (tertiary/aromatic N) is 3. The number of rotatable bonds is 7. The van der Waals surface area contributed by atoms with Gasteiger partial charge in [-0.1, -0.05) is 0 Å². The van der Waals surface area contributed by atoms with E-state index in [4.69, 9.17) is 0 Å². The average molecular weight is 493 g/mol. The van der Waals surface area contributed by atoms with Crippen LogP contribution in [0.3, 0.4) is 0 Å². The highest BCUT2D eigenvalue weighted by molar-refractivity contribution is 14.0. The Morgan fingerprint density at radius 3 is 2.40 bits per heavy atom. The van der Waals surface area contributed by atoms with Crippen LogP contribution in [0.25, 0.3) is 0 Å². The highest BCUT2D eigenvalue weighted by Gasteiger charge is 2.33. The van der Waals surface area contributed by atoms with Crippen molar-refractivity contribution in [3.05, 3.63) is 16.1 Å². The predicted octanol–water partition coefficient (Wildman–Crippen LogP) is 3.22. The first-order chi connectivity index (χ1) is 11.1. The van der Waals surface area contributed by atoms with E-state index in [-0.39, 0.29) is 29.5 Å². The molecular weight excluding hydrogens is 466 g/mol. The number of hydrogen-bond acceptors (Lipinski definition) is 4. The highest BCUT2D eigenvalue weighted by atomic mass is 127. The molecule has 25 heavy (non-hydrogen) atoms. The molecule has 0 aromatic carbocycles. The molecule has 2 N–H and O–H groups in total. The average Bonchev–Trinajstić information content (AvgIpc) is 2.93. The summed E-state index contributed by atoms with van der Waals surface area (Å²) < 4.78 is 37.6. The number of hydrogen-bond donors (Lipinski definition) is 2. The summed E-state index contributed by atoms with van der Waals surface area (Å²) in [4.78, 5) is 10.2. The van der Waals surface area contributed by atoms with Gasteiger partial charge in [-0.2, -0.15) is 13.2 Å². The number of likely N-dealkylation sites (N-methyl/N-ethyl adjacent to an activating group) is 1. The Balaban J connectivity index is 0.00000576. The number of thiazole rings is 1. The second-order valence-electron chi connectivity index (χ2n) is 6.20. The molecule has 0 radical (unpaired) electrons. The third-order valence-electron chi connectivity index (χ3n) is 3.65. The van der Waals surface area contributed by atoms with E-state index >= 15 is 0 Å². The van der Waals surface area contributed by atoms with Gasteiger partial charge in [-0.05, 0) is 34.9 Å². The summed E-state index contributed by atoms with van der Waals surface area (Å²) in [7, 11) is 3.99. The van der Waals surface area contributed by atoms with Crippen LogP contribution in [-0.2, 0) is 12.6 Å². The lowest BCUT2D eigenvalue weighted by Crippen LogP contribution is -2.44. The largest absolute Gasteiger partial charge is 0.434 e. The Hall–Kier alpha value is -0.620. The van der Waals surface area contributed by atoms with Crippen LogP contribution >= 0.6 is 35.3 Å². The SMILES string of the molecule is CCNC(=NCC(C)(C)N(C)C)NCCc1nc(C(F)(F)F)cs1.I. The molecule has 1 rings (SSSR count). The zero-order chi connectivity index (χ0) is 18.4. The van der Waals surface area contributed by atoms with Crippen LogP contribution in [0.5, 0.6) is 0 Å². The summed E-state index contributed by atoms with van der Waals surface area (Å²) in [6.45, 7) is 7.93. The van der Waals surface area contributed by atoms with E-state index < -0.39 is 11.9 Å². The molecule has 0 atom stereocenters. The van der Waals surface area contributed by atoms with Crippen molar-refractivity contribution in [2.75, 3.05) is 33.7 Å². The molecule has 0 aliphatic heterocycles. The van der Waals surface area contributed by atoms with Crippen LogP contribution in [0, 0.1) is 0 Å². The van der Waals surface area contributed by atoms with Gasteiger partial charge >= 0.3 is 6.18 Å². The number of nitrogens with one attached hydrogen (secondary N) is 2. The van der Waals surface area contributed by atoms with Gasteiger partial charge in [0.2, 0.25) is 0 Å². The molecule has 0 bridgehead atoms. The summed E-state index contributed by atoms with van der Waals surface area (Å²) in [5.74, 6) is 0.653. The summed E-state index contributed by atoms with van der Waals surface area (Å²) in [6.07, 6.45) is -3.96. The number of aromatic nitrogens is 1. The molecule has 146 valence electrons. The van der Waals surface area contributed by atoms with Crippen molar-refractivity contribution in [3.8, 4) is 0 Å². The van der Waals surface area contributed by atoms with Crippen molar-refractivity contribution in [1.82, 2.24) is 20.5 Å². The Morgan fingerprint density at radius 2 is 1.92 bits per heavy atom. The lowest BCUT2D eigenvalue weighted by molar-refractivity contribution is -0.140. The minimum Gasteiger partial charge on any atom is -0.357 e. The first-order valence-corrected chi connectivity index (χ1v) is 8.65. The lowest BCUT2D eigenvalue weighted by Gasteiger charge is -2.31. The van der Waals surface area contributed by atoms with Crippen LogP contribution in [0.1, 0.15) is 31.5 Å². The van der Waals surface area contributed by atoms with E-state index in [2.05, 4.69) is 39.4 Å². The van der Waals surface area contributed by atoms with Crippen molar-refractivity contribution in [2.45, 2.75) is 38.9 Å². The van der Waals surface area contributed by atoms with Gasteiger partial charge in [0.25, 0.3) is 0 Å². The lowest BCUT2D eigenvalue weighted by atomic mass is 10.1. The van der Waals surface area contributed by atoms with Gasteiger partial charge < -0.3 is 15.5 Å². The fourth-order valence-corrected chi connectivity index (χ4v) is 2.40. The van der Waals surface area contributed by atoms with E-state index in [0.717, 1.165) is 16.7 Å². The fraction of sp³-hybridized carbons (Fsp3) is 0.733. The predicted molar refractivity (Wildman–Crippen MR) is 108 cm³/mol. The van der Waals surface area contributed by atoms with E-state index in [9.17, 15) is 13.2 Å². The molecule has 0 aliphatic rings. The molecule has 0 unspecified atom stereocenters. The number of guanidine groups is 1. The van der Waals surface area contributed by atoms with Gasteiger partial charge in [0.1, 0.15) is 0 Å². The van der Waals surface area contributed by atoms with Crippen LogP contribution < -0.4 is 10.6 Å². The molecular formula is C15H27F3IN5S. The van der Waals surface area contributed by atoms with Crippen LogP contribution in [-0.4, -0.2) is 55.1 Å². The summed E-state index contributed by atoms with van der Waals surface area (Å²) >= 11 is 1.02. The van der Waals surface area contributed by atoms with Gasteiger partial charge in [-0.25, -0.2) is 4.98 Å². The minimum absolute atomic E-state index is 0. The highest BCUT2D eigenvalue weighted by Crippen LogP contribution is 2.29. The Kier molecular flexibility index (Phi) is 10.2. The van der Waals surface area contributed by atoms with E-state index in [1.54, 1.807) is 0 Å². The molecule has 5 nitrogen and oxygen atoms in total. The summed E-state index contributed by atoms with van der Waals surface area (Å²) in [5, 5.41) is 7.78. The first kappa shape index (κ1) is 24.4. The van der Waals surface area contributed by atoms with E-state index in [1.807, 2.05) is 21.0 Å². The van der Waals surface area contributed by atoms with Gasteiger partial charge in [0.15, 0.2) is 11.7 Å². The van der Waals surface area contributed by atoms with E-state index in [1.165, 1.54) is 0 Å². The second-order valence-corrected chi connectivity index (χ2v) is 7.15. The van der Waals surface area contributed by atoms with Gasteiger partial charge in [-0.3, -0.25) is 4.99 Å². The van der Waals surface area contributed by atoms with E-state index in [0.29, 0.717) is 37.0 Å². The minimum atomic E-state index is -4.38. The first-order valence-electron chi connectivity index (χ1n) is 7.77. The summed E-state index contributed by atoms with van der Waals surface area (Å²) in [5.41, 5.74) is -0.907. The van der Waals surface area contributed by atoms with Crippen LogP contribution in [0.15, 0.2) is 10.4 Å². The maximum atomic E-state index is 12.5. The van der Waals surface area contributed by atoms with Crippen LogP contribution in [0.2, 0.25) is 0 Å². The molecule has 0 saturated carbocycles. The monoisotopic (exact) mass is 493 g/mol. The number of halogens is 4. The third-order valence-corrected chi connectivity index (χ3v) is 4.56. The molecule has 0 amide bonds. The van der Waals surface area contributed by atoms with Crippen molar-refractivity contribution < 1.29 is 13.2 Å². The molecule has 0 spiro atoms. The molecule has 0 aliphatic carbocycles. The molecule has 0 saturated heterocycles. The zero-order valence-electron chi connectivity index (χ0n) is 15.2. The third kappa shape index (κ3) is 8.54. The van der Waals surface area contributed by atoms with Crippen molar-refractivity contribution in [2.24, 2.45) is 4.99 Å². The number of aliphatic imine (C=N–C) groups is 1. The maximum Gasteiger partial charge on any atom is 0.434 e. The van der Waals surface area contributed by atoms with Crippen molar-refractivity contribution in [3.63, 3.8) is 0 Å². The zero-order valence-corrected chi connectivity index (χ0v) is 18.3. The van der Waals surface area contributed by atoms with Gasteiger partial charge in [0.05, 0.1) is 11.6 Å². The standard InChI is InChI=1S/C15H26F3N5S.HI/c1-6-19-13(21-10-14(2,3)23(4)5)20-8-7-12-22-11(9-24-12)15(16,17)18;/h9H,6-8,10H2,1-5H3,(H2,19,20,21);1H. The quantitative estimate of drug-likeness (QED) is 0.348. The Labute approximate surface area is 168 Å². The molecule has 1 aromatic heterocycles. The Morgan fingerprint density at radius 1 is 1.28 bits per heavy atom. The Bertz CT molecular complexity index is 544. The smallest absolute Gasteiger partial charge is 0.357 e. The fourth-order valence-electron chi connectivity index (χ4n) is 1.60. The van der Waals surface area contributed by atoms with Gasteiger partial charge in [0, 0.05) is 30.4 Å². The van der Waals surface area contributed by atoms with Gasteiger partial charge in [-0.15, -0.1) is 35.3 Å².